The molecule has 0 radical (unpaired) electrons. The van der Waals surface area contributed by atoms with Crippen molar-refractivity contribution < 1.29 is 4.42 Å². The molecule has 2 nitrogen and oxygen atoms in total. The number of nitrogens with zero attached hydrogens (tertiary/aromatic N) is 1. The fraction of sp³-hybridized carbons (Fsp3) is 0.0870. The maximum Gasteiger partial charge on any atom is 0.137 e. The highest BCUT2D eigenvalue weighted by Gasteiger charge is 2.38. The van der Waals surface area contributed by atoms with E-state index in [0.717, 1.165) is 39.0 Å². The molecule has 2 aromatic heterocycles. The molecule has 0 N–H and O–H groups in total. The first-order chi connectivity index (χ1) is 24.0. The second-order valence-electron chi connectivity index (χ2n) is 13.8. The van der Waals surface area contributed by atoms with Gasteiger partial charge in [0, 0.05) is 47.9 Å². The molecule has 234 valence electrons. The summed E-state index contributed by atoms with van der Waals surface area (Å²) in [6.07, 6.45) is 0. The van der Waals surface area contributed by atoms with Gasteiger partial charge >= 0.3 is 0 Å². The molecule has 0 fully saturated rings. The van der Waals surface area contributed by atoms with Crippen LogP contribution in [0.25, 0.3) is 64.4 Å². The zero-order valence-corrected chi connectivity index (χ0v) is 28.4. The zero-order chi connectivity index (χ0) is 32.9. The number of hydrogen-bond acceptors (Lipinski definition) is 3. The average molecular weight is 648 g/mol. The number of anilines is 3. The summed E-state index contributed by atoms with van der Waals surface area (Å²) in [5.41, 5.74) is 14.1. The number of benzene rings is 7. The van der Waals surface area contributed by atoms with Crippen molar-refractivity contribution in [3.05, 3.63) is 162 Å². The minimum atomic E-state index is -0.182. The van der Waals surface area contributed by atoms with E-state index in [2.05, 4.69) is 171 Å². The molecule has 0 saturated carbocycles. The van der Waals surface area contributed by atoms with Crippen LogP contribution in [-0.4, -0.2) is 0 Å². The average Bonchev–Trinajstić information content (AvgIpc) is 3.76. The summed E-state index contributed by atoms with van der Waals surface area (Å²) < 4.78 is 9.14. The lowest BCUT2D eigenvalue weighted by Crippen LogP contribution is -2.17. The quantitative estimate of drug-likeness (QED) is 0.189. The van der Waals surface area contributed by atoms with Crippen molar-refractivity contribution in [2.75, 3.05) is 4.90 Å². The van der Waals surface area contributed by atoms with Crippen molar-refractivity contribution in [2.45, 2.75) is 26.2 Å². The van der Waals surface area contributed by atoms with Gasteiger partial charge in [0.25, 0.3) is 0 Å². The molecule has 9 aromatic rings. The molecular formula is C46H33NOS. The zero-order valence-electron chi connectivity index (χ0n) is 27.6. The van der Waals surface area contributed by atoms with Crippen molar-refractivity contribution in [3.8, 4) is 22.3 Å². The van der Waals surface area contributed by atoms with E-state index in [9.17, 15) is 0 Å². The third-order valence-electron chi connectivity index (χ3n) is 10.5. The number of rotatable bonds is 4. The van der Waals surface area contributed by atoms with Gasteiger partial charge in [0.05, 0.1) is 11.1 Å². The summed E-state index contributed by atoms with van der Waals surface area (Å²) in [7, 11) is 0. The number of fused-ring (bicyclic) bond motifs is 9. The Morgan fingerprint density at radius 3 is 2.20 bits per heavy atom. The van der Waals surface area contributed by atoms with Gasteiger partial charge in [0.15, 0.2) is 0 Å². The van der Waals surface area contributed by atoms with E-state index in [4.69, 9.17) is 4.42 Å². The summed E-state index contributed by atoms with van der Waals surface area (Å²) >= 11 is 1.90. The van der Waals surface area contributed by atoms with Gasteiger partial charge in [-0.15, -0.1) is 11.3 Å². The van der Waals surface area contributed by atoms with Crippen molar-refractivity contribution in [1.82, 2.24) is 0 Å². The molecule has 0 spiro atoms. The summed E-state index contributed by atoms with van der Waals surface area (Å²) in [6.45, 7) is 6.88. The van der Waals surface area contributed by atoms with Gasteiger partial charge in [-0.1, -0.05) is 111 Å². The Kier molecular flexibility index (Phi) is 6.04. The van der Waals surface area contributed by atoms with Gasteiger partial charge in [0.2, 0.25) is 0 Å². The molecule has 1 aliphatic rings. The number of para-hydroxylation sites is 1. The Labute approximate surface area is 289 Å². The van der Waals surface area contributed by atoms with Gasteiger partial charge in [0.1, 0.15) is 11.2 Å². The van der Waals surface area contributed by atoms with E-state index in [1.165, 1.54) is 59.1 Å². The van der Waals surface area contributed by atoms with Crippen molar-refractivity contribution in [2.24, 2.45) is 0 Å². The largest absolute Gasteiger partial charge is 0.456 e. The molecular weight excluding hydrogens is 615 g/mol. The molecule has 0 atom stereocenters. The number of thiophene rings is 1. The molecule has 49 heavy (non-hydrogen) atoms. The van der Waals surface area contributed by atoms with Gasteiger partial charge < -0.3 is 9.32 Å². The highest BCUT2D eigenvalue weighted by molar-refractivity contribution is 7.26. The molecule has 1 aliphatic carbocycles. The highest BCUT2D eigenvalue weighted by Crippen LogP contribution is 2.56. The van der Waals surface area contributed by atoms with E-state index in [1.807, 2.05) is 11.3 Å². The molecule has 0 saturated heterocycles. The second-order valence-corrected chi connectivity index (χ2v) is 14.8. The lowest BCUT2D eigenvalue weighted by Gasteiger charge is -2.29. The molecule has 0 amide bonds. The van der Waals surface area contributed by atoms with E-state index >= 15 is 0 Å². The molecule has 0 unspecified atom stereocenters. The summed E-state index contributed by atoms with van der Waals surface area (Å²) in [6, 6.07) is 53.3. The maximum atomic E-state index is 6.49. The number of hydrogen-bond donors (Lipinski definition) is 0. The van der Waals surface area contributed by atoms with E-state index in [1.54, 1.807) is 0 Å². The van der Waals surface area contributed by atoms with Gasteiger partial charge in [-0.2, -0.15) is 0 Å². The van der Waals surface area contributed by atoms with Gasteiger partial charge in [-0.05, 0) is 88.8 Å². The molecule has 10 rings (SSSR count). The van der Waals surface area contributed by atoms with E-state index in [-0.39, 0.29) is 5.41 Å². The first kappa shape index (κ1) is 28.4. The minimum absolute atomic E-state index is 0.182. The molecule has 7 aromatic carbocycles. The first-order valence-corrected chi connectivity index (χ1v) is 17.7. The Morgan fingerprint density at radius 1 is 0.551 bits per heavy atom. The normalized spacial score (nSPS) is 13.4. The monoisotopic (exact) mass is 647 g/mol. The van der Waals surface area contributed by atoms with E-state index in [0.29, 0.717) is 0 Å². The summed E-state index contributed by atoms with van der Waals surface area (Å²) in [5, 5.41) is 4.88. The summed E-state index contributed by atoms with van der Waals surface area (Å²) in [5.74, 6) is 0. The second kappa shape index (κ2) is 10.4. The SMILES string of the molecule is Cc1ccc2c(c1)oc1cccc(N(c3ccccc3)c3cc(-c4cccc5c4sc4ccccc45)c4c(c3)C(C)(C)c3ccccc3-4)c12. The van der Waals surface area contributed by atoms with Crippen LogP contribution in [0.15, 0.2) is 150 Å². The van der Waals surface area contributed by atoms with Crippen LogP contribution in [-0.2, 0) is 5.41 Å². The first-order valence-electron chi connectivity index (χ1n) is 16.9. The minimum Gasteiger partial charge on any atom is -0.456 e. The topological polar surface area (TPSA) is 16.4 Å². The lowest BCUT2D eigenvalue weighted by molar-refractivity contribution is 0.660. The number of furan rings is 1. The highest BCUT2D eigenvalue weighted by atomic mass is 32.1. The predicted molar refractivity (Wildman–Crippen MR) is 209 cm³/mol. The maximum absolute atomic E-state index is 6.49. The Balaban J connectivity index is 1.33. The standard InChI is InChI=1S/C46H33NOS/c1-28-23-24-35-41(25-28)48-40-21-12-20-39(44(35)40)47(29-13-5-4-6-14-29)30-26-36(43-34-16-7-9-19-37(34)46(2,3)38(43)27-30)33-18-11-17-32-31-15-8-10-22-42(31)49-45(32)33/h4-27H,1-3H3. The molecule has 2 heterocycles. The Bertz CT molecular complexity index is 2770. The molecule has 3 heteroatoms. The van der Waals surface area contributed by atoms with Crippen LogP contribution in [0.2, 0.25) is 0 Å². The van der Waals surface area contributed by atoms with Crippen molar-refractivity contribution >= 4 is 70.5 Å². The van der Waals surface area contributed by atoms with Gasteiger partial charge in [-0.3, -0.25) is 0 Å². The van der Waals surface area contributed by atoms with Crippen LogP contribution >= 0.6 is 11.3 Å². The van der Waals surface area contributed by atoms with Gasteiger partial charge in [-0.25, -0.2) is 0 Å². The van der Waals surface area contributed by atoms with Crippen molar-refractivity contribution in [1.29, 1.82) is 0 Å². The third-order valence-corrected chi connectivity index (χ3v) is 11.7. The van der Waals surface area contributed by atoms with Crippen LogP contribution in [0.5, 0.6) is 0 Å². The van der Waals surface area contributed by atoms with E-state index < -0.39 is 0 Å². The Hall–Kier alpha value is -5.64. The summed E-state index contributed by atoms with van der Waals surface area (Å²) in [4.78, 5) is 2.44. The third kappa shape index (κ3) is 4.12. The lowest BCUT2D eigenvalue weighted by atomic mass is 9.81. The molecule has 0 bridgehead atoms. The van der Waals surface area contributed by atoms with Crippen LogP contribution in [0.4, 0.5) is 17.1 Å². The van der Waals surface area contributed by atoms with Crippen LogP contribution in [0.3, 0.4) is 0 Å². The fourth-order valence-corrected chi connectivity index (χ4v) is 9.44. The fourth-order valence-electron chi connectivity index (χ4n) is 8.21. The van der Waals surface area contributed by atoms with Crippen LogP contribution in [0.1, 0.15) is 30.5 Å². The molecule has 0 aliphatic heterocycles. The Morgan fingerprint density at radius 2 is 1.31 bits per heavy atom. The number of aryl methyl sites for hydroxylation is 1. The van der Waals surface area contributed by atoms with Crippen LogP contribution < -0.4 is 4.90 Å². The van der Waals surface area contributed by atoms with Crippen molar-refractivity contribution in [3.63, 3.8) is 0 Å². The predicted octanol–water partition coefficient (Wildman–Crippen LogP) is 13.7. The smallest absolute Gasteiger partial charge is 0.137 e. The van der Waals surface area contributed by atoms with Crippen LogP contribution in [0, 0.1) is 6.92 Å².